The third kappa shape index (κ3) is 3.89. The van der Waals surface area contributed by atoms with Crippen LogP contribution in [0.2, 0.25) is 0 Å². The minimum absolute atomic E-state index is 0.0628. The van der Waals surface area contributed by atoms with Gasteiger partial charge in [-0.2, -0.15) is 0 Å². The van der Waals surface area contributed by atoms with Gasteiger partial charge >= 0.3 is 5.97 Å². The van der Waals surface area contributed by atoms with Crippen LogP contribution in [-0.2, 0) is 14.6 Å². The van der Waals surface area contributed by atoms with Crippen LogP contribution in [-0.4, -0.2) is 49.0 Å². The van der Waals surface area contributed by atoms with E-state index in [-0.39, 0.29) is 12.4 Å². The number of aryl methyl sites for hydroxylation is 1. The first-order chi connectivity index (χ1) is 9.06. The van der Waals surface area contributed by atoms with Gasteiger partial charge in [0.05, 0.1) is 11.9 Å². The minimum atomic E-state index is -3.21. The molecule has 0 bridgehead atoms. The number of hydrogen-bond acceptors (Lipinski definition) is 7. The number of ether oxygens (including phenoxy) is 1. The molecular weight excluding hydrogens is 282 g/mol. The lowest BCUT2D eigenvalue weighted by Crippen LogP contribution is -2.38. The number of hydrogen-bond donors (Lipinski definition) is 1. The fourth-order valence-electron chi connectivity index (χ4n) is 1.28. The number of methoxy groups -OCH3 is 1. The van der Waals surface area contributed by atoms with Gasteiger partial charge in [-0.1, -0.05) is 0 Å². The Kier molecular flexibility index (Phi) is 4.69. The van der Waals surface area contributed by atoms with Crippen molar-refractivity contribution in [1.82, 2.24) is 9.97 Å². The second kappa shape index (κ2) is 5.74. The van der Waals surface area contributed by atoms with Gasteiger partial charge < -0.3 is 10.1 Å². The summed E-state index contributed by atoms with van der Waals surface area (Å²) in [6.45, 7) is 5.11. The predicted octanol–water partition coefficient (Wildman–Crippen LogP) is 0.807. The van der Waals surface area contributed by atoms with Gasteiger partial charge in [0.15, 0.2) is 9.84 Å². The molecule has 1 aromatic rings. The van der Waals surface area contributed by atoms with Crippen molar-refractivity contribution in [3.05, 3.63) is 17.6 Å². The first-order valence-corrected chi connectivity index (χ1v) is 7.83. The van der Waals surface area contributed by atoms with Crippen molar-refractivity contribution in [1.29, 1.82) is 0 Å². The molecule has 0 amide bonds. The molecule has 0 atom stereocenters. The van der Waals surface area contributed by atoms with E-state index in [2.05, 4.69) is 20.0 Å². The Labute approximate surface area is 118 Å². The third-order valence-electron chi connectivity index (χ3n) is 2.92. The average molecular weight is 301 g/mol. The lowest BCUT2D eigenvalue weighted by atomic mass is 10.2. The first kappa shape index (κ1) is 16.4. The molecular formula is C12H19N3O4S. The Bertz CT molecular complexity index is 611. The fourth-order valence-corrected chi connectivity index (χ4v) is 1.61. The Morgan fingerprint density at radius 1 is 1.40 bits per heavy atom. The Hall–Kier alpha value is -1.70. The van der Waals surface area contributed by atoms with Crippen molar-refractivity contribution in [3.63, 3.8) is 0 Å². The van der Waals surface area contributed by atoms with E-state index in [9.17, 15) is 13.2 Å². The zero-order valence-corrected chi connectivity index (χ0v) is 13.0. The van der Waals surface area contributed by atoms with Crippen LogP contribution in [0.5, 0.6) is 0 Å². The maximum absolute atomic E-state index is 11.6. The quantitative estimate of drug-likeness (QED) is 0.803. The van der Waals surface area contributed by atoms with E-state index in [1.807, 2.05) is 0 Å². The maximum atomic E-state index is 11.6. The second-order valence-corrected chi connectivity index (χ2v) is 7.74. The largest absolute Gasteiger partial charge is 0.463 e. The molecule has 0 aliphatic carbocycles. The summed E-state index contributed by atoms with van der Waals surface area (Å²) in [7, 11) is -1.97. The molecule has 0 unspecified atom stereocenters. The van der Waals surface area contributed by atoms with Crippen LogP contribution in [0.1, 0.15) is 30.2 Å². The highest BCUT2D eigenvalue weighted by Crippen LogP contribution is 2.16. The number of carbonyl (C=O) groups is 1. The number of rotatable bonds is 5. The zero-order valence-electron chi connectivity index (χ0n) is 12.2. The molecule has 20 heavy (non-hydrogen) atoms. The zero-order chi connectivity index (χ0) is 15.6. The van der Waals surface area contributed by atoms with Crippen molar-refractivity contribution in [3.8, 4) is 0 Å². The predicted molar refractivity (Wildman–Crippen MR) is 75.5 cm³/mol. The number of nitrogens with zero attached hydrogens (tertiary/aromatic N) is 2. The smallest absolute Gasteiger partial charge is 0.376 e. The molecule has 0 saturated carbocycles. The topological polar surface area (TPSA) is 98.2 Å². The van der Waals surface area contributed by atoms with Crippen molar-refractivity contribution in [2.45, 2.75) is 25.5 Å². The van der Waals surface area contributed by atoms with Crippen LogP contribution in [0.25, 0.3) is 0 Å². The summed E-state index contributed by atoms with van der Waals surface area (Å²) in [5, 5.41) is 2.91. The summed E-state index contributed by atoms with van der Waals surface area (Å²) in [5.41, 5.74) is 0.583. The van der Waals surface area contributed by atoms with Gasteiger partial charge in [0.25, 0.3) is 0 Å². The van der Waals surface area contributed by atoms with Crippen molar-refractivity contribution in [2.24, 2.45) is 0 Å². The summed E-state index contributed by atoms with van der Waals surface area (Å²) < 4.78 is 26.8. The number of nitrogens with one attached hydrogen (secondary N) is 1. The molecule has 0 fully saturated rings. The maximum Gasteiger partial charge on any atom is 0.376 e. The first-order valence-electron chi connectivity index (χ1n) is 5.94. The fraction of sp³-hybridized carbons (Fsp3) is 0.583. The SMILES string of the molecule is COC(=O)c1nc(C)cc(NCC(C)(C)S(C)(=O)=O)n1. The number of sulfone groups is 1. The van der Waals surface area contributed by atoms with E-state index in [0.29, 0.717) is 11.5 Å². The molecule has 0 aliphatic heterocycles. The van der Waals surface area contributed by atoms with E-state index >= 15 is 0 Å². The second-order valence-electron chi connectivity index (χ2n) is 5.10. The highest BCUT2D eigenvalue weighted by atomic mass is 32.2. The van der Waals surface area contributed by atoms with E-state index in [4.69, 9.17) is 0 Å². The molecule has 8 heteroatoms. The normalized spacial score (nSPS) is 12.1. The molecule has 0 spiro atoms. The van der Waals surface area contributed by atoms with E-state index < -0.39 is 20.6 Å². The molecule has 1 rings (SSSR count). The van der Waals surface area contributed by atoms with Gasteiger partial charge in [0, 0.05) is 24.6 Å². The molecule has 0 saturated heterocycles. The molecule has 1 aromatic heterocycles. The summed E-state index contributed by atoms with van der Waals surface area (Å²) >= 11 is 0. The van der Waals surface area contributed by atoms with Crippen LogP contribution in [0.15, 0.2) is 6.07 Å². The minimum Gasteiger partial charge on any atom is -0.463 e. The van der Waals surface area contributed by atoms with E-state index in [1.54, 1.807) is 26.8 Å². The lowest BCUT2D eigenvalue weighted by Gasteiger charge is -2.23. The molecule has 1 heterocycles. The van der Waals surface area contributed by atoms with Crippen molar-refractivity contribution < 1.29 is 17.9 Å². The third-order valence-corrected chi connectivity index (χ3v) is 5.07. The van der Waals surface area contributed by atoms with Gasteiger partial charge in [-0.3, -0.25) is 0 Å². The molecule has 1 N–H and O–H groups in total. The van der Waals surface area contributed by atoms with Crippen LogP contribution in [0.3, 0.4) is 0 Å². The number of esters is 1. The number of carbonyl (C=O) groups excluding carboxylic acids is 1. The molecule has 7 nitrogen and oxygen atoms in total. The molecule has 112 valence electrons. The Balaban J connectivity index is 2.94. The van der Waals surface area contributed by atoms with Crippen LogP contribution >= 0.6 is 0 Å². The Morgan fingerprint density at radius 2 is 2.00 bits per heavy atom. The van der Waals surface area contributed by atoms with Crippen molar-refractivity contribution >= 4 is 21.6 Å². The van der Waals surface area contributed by atoms with Gasteiger partial charge in [0.2, 0.25) is 5.82 Å². The van der Waals surface area contributed by atoms with Gasteiger partial charge in [-0.15, -0.1) is 0 Å². The van der Waals surface area contributed by atoms with Crippen LogP contribution in [0, 0.1) is 6.92 Å². The Morgan fingerprint density at radius 3 is 2.50 bits per heavy atom. The van der Waals surface area contributed by atoms with Crippen LogP contribution < -0.4 is 5.32 Å². The summed E-state index contributed by atoms with van der Waals surface area (Å²) in [6.07, 6.45) is 1.18. The van der Waals surface area contributed by atoms with Gasteiger partial charge in [0.1, 0.15) is 5.82 Å². The summed E-state index contributed by atoms with van der Waals surface area (Å²) in [4.78, 5) is 19.4. The summed E-state index contributed by atoms with van der Waals surface area (Å²) in [5.74, 6) is -0.319. The standard InChI is InChI=1S/C12H19N3O4S/c1-8-6-9(15-10(14-8)11(16)19-4)13-7-12(2,3)20(5,17)18/h6H,7H2,1-5H3,(H,13,14,15). The highest BCUT2D eigenvalue weighted by Gasteiger charge is 2.30. The average Bonchev–Trinajstić information content (AvgIpc) is 2.33. The number of anilines is 1. The molecule has 0 aliphatic rings. The summed E-state index contributed by atoms with van der Waals surface area (Å²) in [6, 6.07) is 1.63. The van der Waals surface area contributed by atoms with E-state index in [1.165, 1.54) is 13.4 Å². The van der Waals surface area contributed by atoms with Crippen LogP contribution in [0.4, 0.5) is 5.82 Å². The van der Waals surface area contributed by atoms with Gasteiger partial charge in [-0.05, 0) is 20.8 Å². The van der Waals surface area contributed by atoms with Gasteiger partial charge in [-0.25, -0.2) is 23.2 Å². The number of aromatic nitrogens is 2. The van der Waals surface area contributed by atoms with E-state index in [0.717, 1.165) is 0 Å². The monoisotopic (exact) mass is 301 g/mol. The van der Waals surface area contributed by atoms with Crippen molar-refractivity contribution in [2.75, 3.05) is 25.2 Å². The molecule has 0 aromatic carbocycles. The lowest BCUT2D eigenvalue weighted by molar-refractivity contribution is 0.0586. The molecule has 0 radical (unpaired) electrons. The highest BCUT2D eigenvalue weighted by molar-refractivity contribution is 7.92.